The molecule has 0 fully saturated rings. The van der Waals surface area contributed by atoms with Crippen LogP contribution in [0.3, 0.4) is 0 Å². The standard InChI is InChI=1S/C21H44N4O/c1-3-4-5-6-7-8-9-10-11-12-13-14-15-16-20(25-19(2)26)17-18-24-21(22)23/h20H,3-18H2,1-2H3,(H,25,26)(H4,22,23,24). The first-order valence-corrected chi connectivity index (χ1v) is 10.9. The molecule has 5 heteroatoms. The molecule has 1 amide bonds. The van der Waals surface area contributed by atoms with Gasteiger partial charge in [-0.25, -0.2) is 0 Å². The van der Waals surface area contributed by atoms with E-state index in [0.717, 1.165) is 19.3 Å². The Balaban J connectivity index is 3.48. The van der Waals surface area contributed by atoms with Gasteiger partial charge in [-0.05, 0) is 12.8 Å². The summed E-state index contributed by atoms with van der Waals surface area (Å²) >= 11 is 0. The van der Waals surface area contributed by atoms with Crippen LogP contribution in [0.1, 0.15) is 110 Å². The van der Waals surface area contributed by atoms with E-state index in [-0.39, 0.29) is 17.9 Å². The lowest BCUT2D eigenvalue weighted by Gasteiger charge is -2.18. The molecule has 5 N–H and O–H groups in total. The fraction of sp³-hybridized carbons (Fsp3) is 0.905. The van der Waals surface area contributed by atoms with Gasteiger partial charge in [0.1, 0.15) is 0 Å². The lowest BCUT2D eigenvalue weighted by Crippen LogP contribution is -2.38. The minimum atomic E-state index is -0.00691. The number of unbranched alkanes of at least 4 members (excludes halogenated alkanes) is 12. The van der Waals surface area contributed by atoms with Gasteiger partial charge in [-0.2, -0.15) is 0 Å². The second kappa shape index (κ2) is 18.5. The van der Waals surface area contributed by atoms with E-state index in [1.165, 1.54) is 77.0 Å². The molecule has 0 aromatic carbocycles. The number of hydrogen-bond donors (Lipinski definition) is 4. The van der Waals surface area contributed by atoms with Crippen LogP contribution in [0.5, 0.6) is 0 Å². The van der Waals surface area contributed by atoms with E-state index < -0.39 is 0 Å². The summed E-state index contributed by atoms with van der Waals surface area (Å²) in [7, 11) is 0. The Bertz CT molecular complexity index is 347. The molecule has 0 aromatic rings. The Morgan fingerprint density at radius 3 is 1.73 bits per heavy atom. The summed E-state index contributed by atoms with van der Waals surface area (Å²) in [5, 5.41) is 13.0. The van der Waals surface area contributed by atoms with Crippen molar-refractivity contribution in [3.05, 3.63) is 0 Å². The molecule has 26 heavy (non-hydrogen) atoms. The van der Waals surface area contributed by atoms with Gasteiger partial charge in [-0.1, -0.05) is 90.4 Å². The molecule has 1 unspecified atom stereocenters. The number of rotatable bonds is 18. The normalized spacial score (nSPS) is 11.9. The third kappa shape index (κ3) is 19.1. The van der Waals surface area contributed by atoms with Crippen molar-refractivity contribution in [1.82, 2.24) is 10.6 Å². The van der Waals surface area contributed by atoms with Crippen molar-refractivity contribution in [1.29, 1.82) is 5.41 Å². The van der Waals surface area contributed by atoms with Crippen molar-refractivity contribution in [2.45, 2.75) is 116 Å². The highest BCUT2D eigenvalue weighted by atomic mass is 16.1. The summed E-state index contributed by atoms with van der Waals surface area (Å²) in [5.41, 5.74) is 5.29. The average molecular weight is 369 g/mol. The van der Waals surface area contributed by atoms with Gasteiger partial charge < -0.3 is 16.4 Å². The van der Waals surface area contributed by atoms with Crippen LogP contribution in [-0.4, -0.2) is 24.5 Å². The average Bonchev–Trinajstić information content (AvgIpc) is 2.58. The highest BCUT2D eigenvalue weighted by Crippen LogP contribution is 2.13. The number of carbonyl (C=O) groups is 1. The Morgan fingerprint density at radius 1 is 0.846 bits per heavy atom. The Kier molecular flexibility index (Phi) is 17.6. The monoisotopic (exact) mass is 368 g/mol. The van der Waals surface area contributed by atoms with Gasteiger partial charge in [0.05, 0.1) is 0 Å². The predicted molar refractivity (Wildman–Crippen MR) is 112 cm³/mol. The maximum Gasteiger partial charge on any atom is 0.217 e. The van der Waals surface area contributed by atoms with E-state index in [1.807, 2.05) is 0 Å². The molecule has 0 saturated carbocycles. The number of nitrogens with one attached hydrogen (secondary N) is 3. The minimum absolute atomic E-state index is 0.00691. The lowest BCUT2D eigenvalue weighted by molar-refractivity contribution is -0.119. The summed E-state index contributed by atoms with van der Waals surface area (Å²) in [6, 6.07) is 0.187. The van der Waals surface area contributed by atoms with E-state index in [2.05, 4.69) is 17.6 Å². The highest BCUT2D eigenvalue weighted by Gasteiger charge is 2.09. The van der Waals surface area contributed by atoms with E-state index in [1.54, 1.807) is 6.92 Å². The molecule has 0 bridgehead atoms. The number of nitrogens with two attached hydrogens (primary N) is 1. The Hall–Kier alpha value is -1.26. The van der Waals surface area contributed by atoms with Crippen LogP contribution in [0.25, 0.3) is 0 Å². The topological polar surface area (TPSA) is 91.0 Å². The maximum atomic E-state index is 11.3. The van der Waals surface area contributed by atoms with Gasteiger partial charge in [-0.3, -0.25) is 10.2 Å². The zero-order valence-electron chi connectivity index (χ0n) is 17.4. The largest absolute Gasteiger partial charge is 0.370 e. The van der Waals surface area contributed by atoms with Crippen LogP contribution in [0.4, 0.5) is 0 Å². The summed E-state index contributed by atoms with van der Waals surface area (Å²) in [5.74, 6) is 0.0139. The molecule has 154 valence electrons. The van der Waals surface area contributed by atoms with Crippen LogP contribution < -0.4 is 16.4 Å². The van der Waals surface area contributed by atoms with Crippen molar-refractivity contribution in [2.75, 3.05) is 6.54 Å². The number of hydrogen-bond acceptors (Lipinski definition) is 2. The zero-order valence-corrected chi connectivity index (χ0v) is 17.4. The SMILES string of the molecule is CCCCCCCCCCCCCCCC(CCNC(=N)N)NC(C)=O. The molecule has 0 aliphatic rings. The number of amides is 1. The highest BCUT2D eigenvalue weighted by molar-refractivity contribution is 5.74. The molecular weight excluding hydrogens is 324 g/mol. The maximum absolute atomic E-state index is 11.3. The van der Waals surface area contributed by atoms with Crippen molar-refractivity contribution in [2.24, 2.45) is 5.73 Å². The van der Waals surface area contributed by atoms with E-state index in [0.29, 0.717) is 6.54 Å². The molecule has 0 rings (SSSR count). The molecule has 1 atom stereocenters. The van der Waals surface area contributed by atoms with Gasteiger partial charge in [-0.15, -0.1) is 0 Å². The summed E-state index contributed by atoms with van der Waals surface area (Å²) in [6.45, 7) is 4.47. The van der Waals surface area contributed by atoms with Crippen molar-refractivity contribution >= 4 is 11.9 Å². The molecule has 0 spiro atoms. The van der Waals surface area contributed by atoms with Crippen LogP contribution >= 0.6 is 0 Å². The quantitative estimate of drug-likeness (QED) is 0.158. The van der Waals surface area contributed by atoms with E-state index in [9.17, 15) is 4.79 Å². The Labute approximate surface area is 161 Å². The summed E-state index contributed by atoms with van der Waals surface area (Å²) in [4.78, 5) is 11.3. The van der Waals surface area contributed by atoms with E-state index >= 15 is 0 Å². The molecule has 0 heterocycles. The predicted octanol–water partition coefficient (Wildman–Crippen LogP) is 4.85. The fourth-order valence-corrected chi connectivity index (χ4v) is 3.37. The van der Waals surface area contributed by atoms with Crippen molar-refractivity contribution in [3.63, 3.8) is 0 Å². The summed E-state index contributed by atoms with van der Waals surface area (Å²) < 4.78 is 0. The van der Waals surface area contributed by atoms with Gasteiger partial charge in [0.25, 0.3) is 0 Å². The van der Waals surface area contributed by atoms with Gasteiger partial charge >= 0.3 is 0 Å². The molecule has 5 nitrogen and oxygen atoms in total. The second-order valence-electron chi connectivity index (χ2n) is 7.56. The van der Waals surface area contributed by atoms with Crippen LogP contribution in [0, 0.1) is 5.41 Å². The van der Waals surface area contributed by atoms with Gasteiger partial charge in [0.15, 0.2) is 5.96 Å². The third-order valence-corrected chi connectivity index (χ3v) is 4.87. The second-order valence-corrected chi connectivity index (χ2v) is 7.56. The fourth-order valence-electron chi connectivity index (χ4n) is 3.37. The smallest absolute Gasteiger partial charge is 0.217 e. The molecule has 0 aliphatic carbocycles. The lowest BCUT2D eigenvalue weighted by atomic mass is 10.0. The van der Waals surface area contributed by atoms with Crippen LogP contribution in [0.15, 0.2) is 0 Å². The van der Waals surface area contributed by atoms with Crippen molar-refractivity contribution in [3.8, 4) is 0 Å². The first-order valence-electron chi connectivity index (χ1n) is 10.9. The molecule has 0 saturated heterocycles. The minimum Gasteiger partial charge on any atom is -0.370 e. The van der Waals surface area contributed by atoms with Crippen LogP contribution in [-0.2, 0) is 4.79 Å². The molecular formula is C21H44N4O. The van der Waals surface area contributed by atoms with Crippen LogP contribution in [0.2, 0.25) is 0 Å². The third-order valence-electron chi connectivity index (χ3n) is 4.87. The first-order chi connectivity index (χ1) is 12.6. The number of guanidine groups is 1. The summed E-state index contributed by atoms with van der Waals surface area (Å²) in [6.07, 6.45) is 19.4. The number of carbonyl (C=O) groups excluding carboxylic acids is 1. The molecule has 0 aromatic heterocycles. The van der Waals surface area contributed by atoms with Gasteiger partial charge in [0, 0.05) is 19.5 Å². The zero-order chi connectivity index (χ0) is 19.5. The van der Waals surface area contributed by atoms with Crippen molar-refractivity contribution < 1.29 is 4.79 Å². The molecule has 0 radical (unpaired) electrons. The first kappa shape index (κ1) is 24.7. The Morgan fingerprint density at radius 2 is 1.31 bits per heavy atom. The van der Waals surface area contributed by atoms with E-state index in [4.69, 9.17) is 11.1 Å². The van der Waals surface area contributed by atoms with Gasteiger partial charge in [0.2, 0.25) is 5.91 Å². The molecule has 0 aliphatic heterocycles.